The zero-order chi connectivity index (χ0) is 25.7. The third-order valence-electron chi connectivity index (χ3n) is 6.74. The molecule has 8 heteroatoms. The average molecular weight is 522 g/mol. The van der Waals surface area contributed by atoms with Crippen molar-refractivity contribution in [3.63, 3.8) is 0 Å². The Labute approximate surface area is 227 Å². The molecule has 2 aromatic heterocycles. The van der Waals surface area contributed by atoms with E-state index in [0.29, 0.717) is 11.6 Å². The summed E-state index contributed by atoms with van der Waals surface area (Å²) < 4.78 is 0. The molecule has 0 radical (unpaired) electrons. The summed E-state index contributed by atoms with van der Waals surface area (Å²) in [6.07, 6.45) is 3.62. The minimum Gasteiger partial charge on any atom is -0.368 e. The van der Waals surface area contributed by atoms with Crippen molar-refractivity contribution in [1.82, 2.24) is 15.0 Å². The van der Waals surface area contributed by atoms with Crippen LogP contribution in [0.25, 0.3) is 10.9 Å². The molecular formula is C30H28ClN7. The van der Waals surface area contributed by atoms with E-state index in [1.165, 1.54) is 11.3 Å². The fourth-order valence-corrected chi connectivity index (χ4v) is 4.85. The van der Waals surface area contributed by atoms with Crippen LogP contribution in [0.5, 0.6) is 0 Å². The molecule has 0 spiro atoms. The molecule has 1 fully saturated rings. The van der Waals surface area contributed by atoms with Gasteiger partial charge in [0.2, 0.25) is 5.95 Å². The maximum absolute atomic E-state index is 6.12. The van der Waals surface area contributed by atoms with Crippen LogP contribution in [-0.2, 0) is 6.54 Å². The topological polar surface area (TPSA) is 69.2 Å². The number of hydrogen-bond donors (Lipinski definition) is 2. The van der Waals surface area contributed by atoms with E-state index in [4.69, 9.17) is 16.6 Å². The lowest BCUT2D eigenvalue weighted by Gasteiger charge is -2.36. The molecule has 38 heavy (non-hydrogen) atoms. The second kappa shape index (κ2) is 10.9. The molecule has 0 aliphatic carbocycles. The molecule has 1 saturated heterocycles. The van der Waals surface area contributed by atoms with Gasteiger partial charge in [0.15, 0.2) is 0 Å². The lowest BCUT2D eigenvalue weighted by molar-refractivity contribution is 0.640. The summed E-state index contributed by atoms with van der Waals surface area (Å²) in [4.78, 5) is 18.4. The fraction of sp³-hybridized carbons (Fsp3) is 0.167. The molecule has 0 bridgehead atoms. The molecule has 0 amide bonds. The van der Waals surface area contributed by atoms with Crippen LogP contribution in [0.1, 0.15) is 5.56 Å². The average Bonchev–Trinajstić information content (AvgIpc) is 2.97. The summed E-state index contributed by atoms with van der Waals surface area (Å²) in [5.74, 6) is 1.60. The Morgan fingerprint density at radius 2 is 1.53 bits per heavy atom. The number of nitrogens with one attached hydrogen (secondary N) is 2. The summed E-state index contributed by atoms with van der Waals surface area (Å²) in [7, 11) is 0. The van der Waals surface area contributed by atoms with Crippen molar-refractivity contribution in [2.24, 2.45) is 0 Å². The van der Waals surface area contributed by atoms with Crippen molar-refractivity contribution in [1.29, 1.82) is 0 Å². The van der Waals surface area contributed by atoms with Gasteiger partial charge < -0.3 is 20.4 Å². The first-order chi connectivity index (χ1) is 18.7. The highest BCUT2D eigenvalue weighted by Crippen LogP contribution is 2.27. The fourth-order valence-electron chi connectivity index (χ4n) is 4.69. The standard InChI is InChI=1S/C30H28ClN7/c31-23-8-11-26-27(12-14-32-28(26)20-23)35-24-9-6-22(7-10-24)21-34-29-13-15-33-30(36-29)38-18-16-37(17-19-38)25-4-2-1-3-5-25/h1-15,20H,16-19,21H2,(H,32,35)(H,33,34,36). The maximum atomic E-state index is 6.12. The number of piperazine rings is 1. The van der Waals surface area contributed by atoms with E-state index in [1.807, 2.05) is 36.5 Å². The van der Waals surface area contributed by atoms with Gasteiger partial charge in [-0.3, -0.25) is 4.98 Å². The quantitative estimate of drug-likeness (QED) is 0.258. The van der Waals surface area contributed by atoms with Crippen molar-refractivity contribution in [3.05, 3.63) is 108 Å². The van der Waals surface area contributed by atoms with Crippen LogP contribution in [0.15, 0.2) is 97.3 Å². The van der Waals surface area contributed by atoms with Crippen LogP contribution in [0.4, 0.5) is 28.8 Å². The lowest BCUT2D eigenvalue weighted by Crippen LogP contribution is -2.47. The Morgan fingerprint density at radius 3 is 2.34 bits per heavy atom. The van der Waals surface area contributed by atoms with Gasteiger partial charge in [0.05, 0.1) is 5.52 Å². The van der Waals surface area contributed by atoms with E-state index < -0.39 is 0 Å². The van der Waals surface area contributed by atoms with Crippen molar-refractivity contribution in [3.8, 4) is 0 Å². The number of fused-ring (bicyclic) bond motifs is 1. The van der Waals surface area contributed by atoms with Crippen molar-refractivity contribution in [2.45, 2.75) is 6.54 Å². The number of hydrogen-bond acceptors (Lipinski definition) is 7. The first kappa shape index (κ1) is 24.0. The molecule has 5 aromatic rings. The number of aromatic nitrogens is 3. The molecule has 6 rings (SSSR count). The van der Waals surface area contributed by atoms with Crippen LogP contribution >= 0.6 is 11.6 Å². The SMILES string of the molecule is Clc1ccc2c(Nc3ccc(CNc4ccnc(N5CCN(c6ccccc6)CC5)n4)cc3)ccnc2c1. The van der Waals surface area contributed by atoms with Gasteiger partial charge in [-0.2, -0.15) is 4.98 Å². The van der Waals surface area contributed by atoms with E-state index in [9.17, 15) is 0 Å². The van der Waals surface area contributed by atoms with Crippen LogP contribution in [-0.4, -0.2) is 41.1 Å². The largest absolute Gasteiger partial charge is 0.368 e. The normalized spacial score (nSPS) is 13.5. The zero-order valence-electron chi connectivity index (χ0n) is 20.9. The molecule has 190 valence electrons. The molecule has 2 N–H and O–H groups in total. The monoisotopic (exact) mass is 521 g/mol. The van der Waals surface area contributed by atoms with Gasteiger partial charge in [0.1, 0.15) is 5.82 Å². The Bertz CT molecular complexity index is 1520. The Balaban J connectivity index is 1.05. The number of pyridine rings is 1. The number of para-hydroxylation sites is 1. The number of halogens is 1. The van der Waals surface area contributed by atoms with Crippen LogP contribution in [0.2, 0.25) is 5.02 Å². The smallest absolute Gasteiger partial charge is 0.227 e. The molecule has 3 aromatic carbocycles. The Hall–Kier alpha value is -4.36. The Morgan fingerprint density at radius 1 is 0.763 bits per heavy atom. The summed E-state index contributed by atoms with van der Waals surface area (Å²) in [6.45, 7) is 4.37. The molecule has 1 aliphatic heterocycles. The summed E-state index contributed by atoms with van der Waals surface area (Å²) in [5, 5.41) is 8.65. The number of benzene rings is 3. The lowest BCUT2D eigenvalue weighted by atomic mass is 10.1. The predicted octanol–water partition coefficient (Wildman–Crippen LogP) is 6.36. The van der Waals surface area contributed by atoms with E-state index in [0.717, 1.165) is 60.2 Å². The molecule has 0 unspecified atom stereocenters. The zero-order valence-corrected chi connectivity index (χ0v) is 21.6. The van der Waals surface area contributed by atoms with E-state index in [1.54, 1.807) is 6.20 Å². The molecule has 0 saturated carbocycles. The van der Waals surface area contributed by atoms with E-state index in [2.05, 4.69) is 85.0 Å². The molecule has 1 aliphatic rings. The summed E-state index contributed by atoms with van der Waals surface area (Å²) in [6, 6.07) is 28.6. The minimum absolute atomic E-state index is 0.676. The summed E-state index contributed by atoms with van der Waals surface area (Å²) in [5.41, 5.74) is 5.30. The van der Waals surface area contributed by atoms with Gasteiger partial charge in [-0.15, -0.1) is 0 Å². The van der Waals surface area contributed by atoms with Crippen LogP contribution in [0.3, 0.4) is 0 Å². The van der Waals surface area contributed by atoms with Gasteiger partial charge in [0, 0.05) is 72.6 Å². The van der Waals surface area contributed by atoms with Crippen LogP contribution < -0.4 is 20.4 Å². The highest BCUT2D eigenvalue weighted by molar-refractivity contribution is 6.31. The first-order valence-corrected chi connectivity index (χ1v) is 13.1. The van der Waals surface area contributed by atoms with Crippen LogP contribution in [0, 0.1) is 0 Å². The maximum Gasteiger partial charge on any atom is 0.227 e. The van der Waals surface area contributed by atoms with Gasteiger partial charge in [-0.25, -0.2) is 4.98 Å². The van der Waals surface area contributed by atoms with E-state index >= 15 is 0 Å². The summed E-state index contributed by atoms with van der Waals surface area (Å²) >= 11 is 6.12. The van der Waals surface area contributed by atoms with Crippen molar-refractivity contribution in [2.75, 3.05) is 46.6 Å². The molecule has 0 atom stereocenters. The number of rotatable bonds is 7. The second-order valence-corrected chi connectivity index (χ2v) is 9.68. The predicted molar refractivity (Wildman–Crippen MR) is 157 cm³/mol. The van der Waals surface area contributed by atoms with Gasteiger partial charge in [0.25, 0.3) is 0 Å². The third-order valence-corrected chi connectivity index (χ3v) is 6.97. The molecule has 3 heterocycles. The molecule has 7 nitrogen and oxygen atoms in total. The van der Waals surface area contributed by atoms with Gasteiger partial charge >= 0.3 is 0 Å². The Kier molecular flexibility index (Phi) is 6.91. The van der Waals surface area contributed by atoms with Crippen molar-refractivity contribution < 1.29 is 0 Å². The molecular weight excluding hydrogens is 494 g/mol. The number of nitrogens with zero attached hydrogens (tertiary/aromatic N) is 5. The van der Waals surface area contributed by atoms with Gasteiger partial charge in [-0.1, -0.05) is 41.9 Å². The van der Waals surface area contributed by atoms with E-state index in [-0.39, 0.29) is 0 Å². The third kappa shape index (κ3) is 5.48. The number of anilines is 5. The minimum atomic E-state index is 0.676. The second-order valence-electron chi connectivity index (χ2n) is 9.25. The van der Waals surface area contributed by atoms with Crippen molar-refractivity contribution >= 4 is 51.3 Å². The van der Waals surface area contributed by atoms with Gasteiger partial charge in [-0.05, 0) is 60.2 Å². The highest BCUT2D eigenvalue weighted by atomic mass is 35.5. The first-order valence-electron chi connectivity index (χ1n) is 12.7. The highest BCUT2D eigenvalue weighted by Gasteiger charge is 2.19.